The summed E-state index contributed by atoms with van der Waals surface area (Å²) in [6.45, 7) is 4.83. The highest BCUT2D eigenvalue weighted by atomic mass is 35.5. The molecule has 2 aliphatic rings. The third-order valence-corrected chi connectivity index (χ3v) is 8.01. The zero-order chi connectivity index (χ0) is 23.2. The number of anilines is 1. The Morgan fingerprint density at radius 3 is 2.70 bits per heavy atom. The average Bonchev–Trinajstić information content (AvgIpc) is 3.11. The molecule has 2 N–H and O–H groups in total. The van der Waals surface area contributed by atoms with Crippen molar-refractivity contribution in [2.75, 3.05) is 44.2 Å². The van der Waals surface area contributed by atoms with Crippen LogP contribution in [0, 0.1) is 11.2 Å². The minimum atomic E-state index is -4.24. The number of H-pyrrole nitrogens is 1. The molecule has 2 aromatic carbocycles. The molecule has 3 aromatic rings. The number of ether oxygens (including phenoxy) is 2. The van der Waals surface area contributed by atoms with Crippen LogP contribution in [0.4, 0.5) is 10.1 Å². The maximum absolute atomic E-state index is 15.1. The van der Waals surface area contributed by atoms with E-state index in [-0.39, 0.29) is 18.0 Å². The molecule has 0 atom stereocenters. The van der Waals surface area contributed by atoms with E-state index in [0.717, 1.165) is 32.8 Å². The van der Waals surface area contributed by atoms with Gasteiger partial charge in [0.15, 0.2) is 11.6 Å². The number of halogens is 3. The molecule has 11 heteroatoms. The number of rotatable bonds is 8. The zero-order valence-corrected chi connectivity index (χ0v) is 19.9. The molecule has 2 saturated heterocycles. The van der Waals surface area contributed by atoms with E-state index >= 15 is 4.39 Å². The molecular formula is C22H22Cl2FN3O4S. The first kappa shape index (κ1) is 22.7. The summed E-state index contributed by atoms with van der Waals surface area (Å²) in [6, 6.07) is 7.08. The quantitative estimate of drug-likeness (QED) is 0.432. The molecule has 0 unspecified atom stereocenters. The predicted molar refractivity (Wildman–Crippen MR) is 125 cm³/mol. The molecule has 2 aliphatic heterocycles. The highest BCUT2D eigenvalue weighted by molar-refractivity contribution is 7.92. The highest BCUT2D eigenvalue weighted by Gasteiger charge is 2.48. The second-order valence-electron chi connectivity index (χ2n) is 8.56. The van der Waals surface area contributed by atoms with Gasteiger partial charge in [-0.3, -0.25) is 4.72 Å². The molecule has 33 heavy (non-hydrogen) atoms. The van der Waals surface area contributed by atoms with Gasteiger partial charge >= 0.3 is 0 Å². The lowest BCUT2D eigenvalue weighted by molar-refractivity contribution is -0.189. The topological polar surface area (TPSA) is 83.7 Å². The summed E-state index contributed by atoms with van der Waals surface area (Å²) >= 11 is 12.3. The molecule has 176 valence electrons. The monoisotopic (exact) mass is 513 g/mol. The Balaban J connectivity index is 1.25. The number of sulfonamides is 1. The molecule has 0 saturated carbocycles. The first-order valence-corrected chi connectivity index (χ1v) is 12.7. The van der Waals surface area contributed by atoms with Gasteiger partial charge in [0.2, 0.25) is 0 Å². The van der Waals surface area contributed by atoms with Crippen LogP contribution in [-0.4, -0.2) is 57.8 Å². The van der Waals surface area contributed by atoms with Crippen molar-refractivity contribution in [2.45, 2.75) is 11.3 Å². The largest absolute Gasteiger partial charge is 0.490 e. The van der Waals surface area contributed by atoms with Gasteiger partial charge in [-0.2, -0.15) is 0 Å². The van der Waals surface area contributed by atoms with Crippen LogP contribution in [0.25, 0.3) is 10.9 Å². The number of nitrogens with one attached hydrogen (secondary N) is 2. The fourth-order valence-corrected chi connectivity index (χ4v) is 6.09. The number of nitrogens with zero attached hydrogens (tertiary/aromatic N) is 1. The van der Waals surface area contributed by atoms with Crippen LogP contribution in [0.5, 0.6) is 5.75 Å². The maximum atomic E-state index is 15.1. The smallest absolute Gasteiger partial charge is 0.265 e. The molecule has 1 spiro atoms. The summed E-state index contributed by atoms with van der Waals surface area (Å²) in [5.41, 5.74) is 0.963. The van der Waals surface area contributed by atoms with E-state index in [2.05, 4.69) is 14.6 Å². The van der Waals surface area contributed by atoms with Crippen molar-refractivity contribution in [2.24, 2.45) is 5.41 Å². The van der Waals surface area contributed by atoms with Gasteiger partial charge in [0, 0.05) is 36.6 Å². The summed E-state index contributed by atoms with van der Waals surface area (Å²) in [5, 5.41) is 1.20. The van der Waals surface area contributed by atoms with E-state index in [1.807, 2.05) is 0 Å². The Labute approximate surface area is 200 Å². The van der Waals surface area contributed by atoms with Gasteiger partial charge < -0.3 is 19.4 Å². The summed E-state index contributed by atoms with van der Waals surface area (Å²) in [7, 11) is -4.24. The number of aromatic nitrogens is 1. The molecule has 1 aromatic heterocycles. The molecule has 0 aliphatic carbocycles. The van der Waals surface area contributed by atoms with Gasteiger partial charge in [-0.05, 0) is 30.7 Å². The molecule has 3 heterocycles. The summed E-state index contributed by atoms with van der Waals surface area (Å²) in [6.07, 6.45) is 2.22. The number of hydrogen-bond acceptors (Lipinski definition) is 5. The van der Waals surface area contributed by atoms with Gasteiger partial charge in [-0.1, -0.05) is 29.3 Å². The second kappa shape index (κ2) is 8.63. The van der Waals surface area contributed by atoms with Gasteiger partial charge in [0.05, 0.1) is 41.1 Å². The molecule has 5 rings (SSSR count). The number of aromatic amines is 1. The van der Waals surface area contributed by atoms with Crippen LogP contribution in [0.15, 0.2) is 41.4 Å². The standard InChI is InChI=1S/C22H22Cl2FN3O4S/c23-14-5-6-16(21-19(14)15(24)9-26-21)27-33(29,30)18-4-1-3-17(20(18)25)32-8-2-7-28-10-22(11-28)12-31-13-22/h1,3-6,9,26-27H,2,7-8,10-13H2. The number of hydrogen-bond donors (Lipinski definition) is 2. The van der Waals surface area contributed by atoms with E-state index < -0.39 is 20.7 Å². The van der Waals surface area contributed by atoms with Gasteiger partial charge in [0.25, 0.3) is 10.0 Å². The third kappa shape index (κ3) is 4.28. The first-order valence-electron chi connectivity index (χ1n) is 10.5. The fourth-order valence-electron chi connectivity index (χ4n) is 4.37. The average molecular weight is 514 g/mol. The Morgan fingerprint density at radius 2 is 1.97 bits per heavy atom. The lowest BCUT2D eigenvalue weighted by Crippen LogP contribution is -2.65. The lowest BCUT2D eigenvalue weighted by atomic mass is 9.78. The normalized spacial score (nSPS) is 17.7. The van der Waals surface area contributed by atoms with Crippen LogP contribution in [0.3, 0.4) is 0 Å². The van der Waals surface area contributed by atoms with Crippen LogP contribution in [0.1, 0.15) is 6.42 Å². The Kier molecular flexibility index (Phi) is 5.95. The minimum absolute atomic E-state index is 0.102. The number of likely N-dealkylation sites (tertiary alicyclic amines) is 1. The zero-order valence-electron chi connectivity index (χ0n) is 17.5. The Bertz CT molecular complexity index is 1300. The van der Waals surface area contributed by atoms with E-state index in [1.165, 1.54) is 36.5 Å². The van der Waals surface area contributed by atoms with Crippen LogP contribution >= 0.6 is 23.2 Å². The van der Waals surface area contributed by atoms with E-state index in [0.29, 0.717) is 32.8 Å². The van der Waals surface area contributed by atoms with Crippen molar-refractivity contribution in [3.05, 3.63) is 52.4 Å². The summed E-state index contributed by atoms with van der Waals surface area (Å²) in [4.78, 5) is 4.70. The van der Waals surface area contributed by atoms with Gasteiger partial charge in [-0.15, -0.1) is 0 Å². The van der Waals surface area contributed by atoms with Crippen LogP contribution in [0.2, 0.25) is 10.0 Å². The molecule has 7 nitrogen and oxygen atoms in total. The third-order valence-electron chi connectivity index (χ3n) is 6.01. The minimum Gasteiger partial charge on any atom is -0.490 e. The highest BCUT2D eigenvalue weighted by Crippen LogP contribution is 2.38. The Hall–Kier alpha value is -2.04. The summed E-state index contributed by atoms with van der Waals surface area (Å²) < 4.78 is 54.2. The van der Waals surface area contributed by atoms with Crippen molar-refractivity contribution in [1.29, 1.82) is 0 Å². The molecular weight excluding hydrogens is 492 g/mol. The maximum Gasteiger partial charge on any atom is 0.265 e. The number of fused-ring (bicyclic) bond motifs is 1. The van der Waals surface area contributed by atoms with Gasteiger partial charge in [0.1, 0.15) is 4.90 Å². The van der Waals surface area contributed by atoms with E-state index in [4.69, 9.17) is 32.7 Å². The van der Waals surface area contributed by atoms with E-state index in [9.17, 15) is 8.42 Å². The van der Waals surface area contributed by atoms with Gasteiger partial charge in [-0.25, -0.2) is 12.8 Å². The van der Waals surface area contributed by atoms with Crippen molar-refractivity contribution in [3.8, 4) is 5.75 Å². The van der Waals surface area contributed by atoms with Crippen molar-refractivity contribution in [3.63, 3.8) is 0 Å². The van der Waals surface area contributed by atoms with Crippen molar-refractivity contribution >= 4 is 49.8 Å². The van der Waals surface area contributed by atoms with E-state index in [1.54, 1.807) is 0 Å². The molecule has 0 amide bonds. The lowest BCUT2D eigenvalue weighted by Gasteiger charge is -2.55. The first-order chi connectivity index (χ1) is 15.8. The number of benzene rings is 2. The predicted octanol–water partition coefficient (Wildman–Crippen LogP) is 4.52. The molecule has 2 fully saturated rings. The second-order valence-corrected chi connectivity index (χ2v) is 11.0. The Morgan fingerprint density at radius 1 is 1.18 bits per heavy atom. The molecule has 0 radical (unpaired) electrons. The van der Waals surface area contributed by atoms with Crippen molar-refractivity contribution in [1.82, 2.24) is 9.88 Å². The summed E-state index contributed by atoms with van der Waals surface area (Å²) in [5.74, 6) is -1.04. The van der Waals surface area contributed by atoms with Crippen LogP contribution < -0.4 is 9.46 Å². The van der Waals surface area contributed by atoms with Crippen molar-refractivity contribution < 1.29 is 22.3 Å². The van der Waals surface area contributed by atoms with Crippen LogP contribution in [-0.2, 0) is 14.8 Å². The fraction of sp³-hybridized carbons (Fsp3) is 0.364. The SMILES string of the molecule is O=S(=O)(Nc1ccc(Cl)c2c(Cl)c[nH]c12)c1cccc(OCCCN2CC3(COC3)C2)c1F. The molecule has 0 bridgehead atoms.